The lowest BCUT2D eigenvalue weighted by Crippen LogP contribution is -1.98. The van der Waals surface area contributed by atoms with E-state index in [1.807, 2.05) is 50.2 Å². The highest BCUT2D eigenvalue weighted by molar-refractivity contribution is 6.33. The molecule has 0 aliphatic rings. The molecule has 1 N–H and O–H groups in total. The van der Waals surface area contributed by atoms with Gasteiger partial charge in [-0.3, -0.25) is 5.43 Å². The van der Waals surface area contributed by atoms with Crippen LogP contribution < -0.4 is 5.43 Å². The van der Waals surface area contributed by atoms with Crippen molar-refractivity contribution < 1.29 is 4.42 Å². The van der Waals surface area contributed by atoms with Gasteiger partial charge in [-0.15, -0.1) is 0 Å². The van der Waals surface area contributed by atoms with Gasteiger partial charge < -0.3 is 4.42 Å². The van der Waals surface area contributed by atoms with Gasteiger partial charge in [0.15, 0.2) is 0 Å². The summed E-state index contributed by atoms with van der Waals surface area (Å²) in [5, 5.41) is 4.87. The van der Waals surface area contributed by atoms with E-state index in [1.165, 1.54) is 0 Å². The summed E-state index contributed by atoms with van der Waals surface area (Å²) < 4.78 is 5.46. The molecule has 0 bridgehead atoms. The maximum absolute atomic E-state index is 6.00. The molecule has 0 spiro atoms. The quantitative estimate of drug-likeness (QED) is 0.657. The number of hydrogen-bond acceptors (Lipinski definition) is 3. The first kappa shape index (κ1) is 11.7. The number of nitrogens with one attached hydrogen (secondary N) is 1. The van der Waals surface area contributed by atoms with Gasteiger partial charge in [-0.2, -0.15) is 5.10 Å². The van der Waals surface area contributed by atoms with E-state index < -0.39 is 0 Å². The fourth-order valence-corrected chi connectivity index (χ4v) is 1.56. The van der Waals surface area contributed by atoms with Crippen molar-refractivity contribution in [3.05, 3.63) is 52.9 Å². The second kappa shape index (κ2) is 5.06. The molecule has 0 aliphatic heterocycles. The van der Waals surface area contributed by atoms with E-state index in [-0.39, 0.29) is 0 Å². The summed E-state index contributed by atoms with van der Waals surface area (Å²) in [5.74, 6) is 1.62. The predicted octanol–water partition coefficient (Wildman–Crippen LogP) is 4.08. The van der Waals surface area contributed by atoms with Gasteiger partial charge in [-0.05, 0) is 38.1 Å². The standard InChI is InChI=1S/C13H13ClN2O/c1-9-7-8-13(17-9)10(2)15-16-12-6-4-3-5-11(12)14/h3-8,16H,1-2H3/b15-10-. The van der Waals surface area contributed by atoms with Crippen LogP contribution in [0.1, 0.15) is 18.4 Å². The molecule has 0 amide bonds. The van der Waals surface area contributed by atoms with Crippen molar-refractivity contribution in [2.45, 2.75) is 13.8 Å². The summed E-state index contributed by atoms with van der Waals surface area (Å²) in [7, 11) is 0. The van der Waals surface area contributed by atoms with Gasteiger partial charge in [-0.25, -0.2) is 0 Å². The van der Waals surface area contributed by atoms with Gasteiger partial charge in [0.2, 0.25) is 0 Å². The molecule has 2 rings (SSSR count). The fourth-order valence-electron chi connectivity index (χ4n) is 1.38. The lowest BCUT2D eigenvalue weighted by molar-refractivity contribution is 0.525. The number of hydrazone groups is 1. The lowest BCUT2D eigenvalue weighted by atomic mass is 10.3. The maximum Gasteiger partial charge on any atom is 0.149 e. The topological polar surface area (TPSA) is 37.5 Å². The van der Waals surface area contributed by atoms with Gasteiger partial charge in [0, 0.05) is 0 Å². The molecule has 0 radical (unpaired) electrons. The molecule has 0 saturated heterocycles. The van der Waals surface area contributed by atoms with Crippen molar-refractivity contribution in [3.63, 3.8) is 0 Å². The second-order valence-corrected chi connectivity index (χ2v) is 4.11. The molecule has 0 aliphatic carbocycles. The number of benzene rings is 1. The van der Waals surface area contributed by atoms with Crippen LogP contribution in [0.5, 0.6) is 0 Å². The summed E-state index contributed by atoms with van der Waals surface area (Å²) in [6.07, 6.45) is 0. The summed E-state index contributed by atoms with van der Waals surface area (Å²) >= 11 is 6.00. The number of nitrogens with zero attached hydrogens (tertiary/aromatic N) is 1. The number of para-hydroxylation sites is 1. The summed E-state index contributed by atoms with van der Waals surface area (Å²) in [6.45, 7) is 3.78. The van der Waals surface area contributed by atoms with Gasteiger partial charge in [-0.1, -0.05) is 23.7 Å². The van der Waals surface area contributed by atoms with E-state index in [4.69, 9.17) is 16.0 Å². The van der Waals surface area contributed by atoms with Crippen LogP contribution >= 0.6 is 11.6 Å². The summed E-state index contributed by atoms with van der Waals surface area (Å²) in [4.78, 5) is 0. The Kier molecular flexibility index (Phi) is 3.49. The Bertz CT molecular complexity index is 546. The number of rotatable bonds is 3. The number of anilines is 1. The molecule has 3 nitrogen and oxygen atoms in total. The molecular weight excluding hydrogens is 236 g/mol. The van der Waals surface area contributed by atoms with Crippen LogP contribution in [0.25, 0.3) is 0 Å². The molecule has 0 saturated carbocycles. The Labute approximate surface area is 105 Å². The zero-order chi connectivity index (χ0) is 12.3. The minimum absolute atomic E-state index is 0.639. The molecule has 4 heteroatoms. The molecule has 0 atom stereocenters. The fraction of sp³-hybridized carbons (Fsp3) is 0.154. The molecular formula is C13H13ClN2O. The van der Waals surface area contributed by atoms with Crippen molar-refractivity contribution in [1.29, 1.82) is 0 Å². The molecule has 1 aromatic carbocycles. The SMILES string of the molecule is C/C(=N/Nc1ccccc1Cl)c1ccc(C)o1. The van der Waals surface area contributed by atoms with Crippen LogP contribution in [0.4, 0.5) is 5.69 Å². The van der Waals surface area contributed by atoms with Crippen LogP contribution in [-0.2, 0) is 0 Å². The average molecular weight is 249 g/mol. The van der Waals surface area contributed by atoms with E-state index in [9.17, 15) is 0 Å². The first-order valence-electron chi connectivity index (χ1n) is 5.28. The van der Waals surface area contributed by atoms with Gasteiger partial charge in [0.1, 0.15) is 17.2 Å². The Morgan fingerprint density at radius 2 is 2.00 bits per heavy atom. The van der Waals surface area contributed by atoms with Crippen LogP contribution in [0.2, 0.25) is 5.02 Å². The second-order valence-electron chi connectivity index (χ2n) is 3.70. The van der Waals surface area contributed by atoms with E-state index in [1.54, 1.807) is 0 Å². The highest BCUT2D eigenvalue weighted by Gasteiger charge is 2.02. The highest BCUT2D eigenvalue weighted by atomic mass is 35.5. The van der Waals surface area contributed by atoms with Crippen molar-refractivity contribution in [3.8, 4) is 0 Å². The number of hydrogen-bond donors (Lipinski definition) is 1. The lowest BCUT2D eigenvalue weighted by Gasteiger charge is -2.03. The van der Waals surface area contributed by atoms with Crippen LogP contribution in [0.3, 0.4) is 0 Å². The molecule has 88 valence electrons. The van der Waals surface area contributed by atoms with Gasteiger partial charge in [0.25, 0.3) is 0 Å². The van der Waals surface area contributed by atoms with Crippen molar-refractivity contribution >= 4 is 23.0 Å². The highest BCUT2D eigenvalue weighted by Crippen LogP contribution is 2.20. The molecule has 1 aromatic heterocycles. The summed E-state index contributed by atoms with van der Waals surface area (Å²) in [6, 6.07) is 11.3. The van der Waals surface area contributed by atoms with Crippen molar-refractivity contribution in [2.24, 2.45) is 5.10 Å². The van der Waals surface area contributed by atoms with Crippen LogP contribution in [0, 0.1) is 6.92 Å². The smallest absolute Gasteiger partial charge is 0.149 e. The molecule has 0 unspecified atom stereocenters. The third-order valence-corrected chi connectivity index (χ3v) is 2.64. The molecule has 0 fully saturated rings. The zero-order valence-electron chi connectivity index (χ0n) is 9.70. The normalized spacial score (nSPS) is 11.6. The van der Waals surface area contributed by atoms with E-state index in [0.717, 1.165) is 22.9 Å². The molecule has 17 heavy (non-hydrogen) atoms. The monoisotopic (exact) mass is 248 g/mol. The van der Waals surface area contributed by atoms with Crippen LogP contribution in [0.15, 0.2) is 45.9 Å². The molecule has 2 aromatic rings. The van der Waals surface area contributed by atoms with E-state index in [2.05, 4.69) is 10.5 Å². The zero-order valence-corrected chi connectivity index (χ0v) is 10.5. The number of halogens is 1. The number of aryl methyl sites for hydroxylation is 1. The average Bonchev–Trinajstić information content (AvgIpc) is 2.74. The Morgan fingerprint density at radius 1 is 1.24 bits per heavy atom. The van der Waals surface area contributed by atoms with E-state index in [0.29, 0.717) is 5.02 Å². The Hall–Kier alpha value is -1.74. The van der Waals surface area contributed by atoms with Crippen LogP contribution in [-0.4, -0.2) is 5.71 Å². The third-order valence-electron chi connectivity index (χ3n) is 2.31. The maximum atomic E-state index is 6.00. The number of furan rings is 1. The summed E-state index contributed by atoms with van der Waals surface area (Å²) in [5.41, 5.74) is 4.47. The molecule has 1 heterocycles. The van der Waals surface area contributed by atoms with Crippen molar-refractivity contribution in [1.82, 2.24) is 0 Å². The first-order valence-corrected chi connectivity index (χ1v) is 5.66. The van der Waals surface area contributed by atoms with Gasteiger partial charge in [0.05, 0.1) is 10.7 Å². The minimum Gasteiger partial charge on any atom is -0.460 e. The largest absolute Gasteiger partial charge is 0.460 e. The Balaban J connectivity index is 2.13. The van der Waals surface area contributed by atoms with Crippen molar-refractivity contribution in [2.75, 3.05) is 5.43 Å². The first-order chi connectivity index (χ1) is 8.16. The minimum atomic E-state index is 0.639. The predicted molar refractivity (Wildman–Crippen MR) is 70.7 cm³/mol. The Morgan fingerprint density at radius 3 is 2.65 bits per heavy atom. The van der Waals surface area contributed by atoms with E-state index >= 15 is 0 Å². The third kappa shape index (κ3) is 2.88. The van der Waals surface area contributed by atoms with Gasteiger partial charge >= 0.3 is 0 Å².